The average molecular weight is 269 g/mol. The molecule has 0 atom stereocenters. The van der Waals surface area contributed by atoms with Gasteiger partial charge in [0.25, 0.3) is 0 Å². The van der Waals surface area contributed by atoms with Gasteiger partial charge in [-0.2, -0.15) is 0 Å². The van der Waals surface area contributed by atoms with Crippen molar-refractivity contribution >= 4 is 17.7 Å². The van der Waals surface area contributed by atoms with Crippen LogP contribution in [0.5, 0.6) is 0 Å². The lowest BCUT2D eigenvalue weighted by molar-refractivity contribution is -0.131. The van der Waals surface area contributed by atoms with Gasteiger partial charge in [-0.05, 0) is 13.3 Å². The summed E-state index contributed by atoms with van der Waals surface area (Å²) in [7, 11) is 0. The molecule has 0 saturated carbocycles. The molecule has 1 heterocycles. The lowest BCUT2D eigenvalue weighted by atomic mass is 10.2. The zero-order valence-electron chi connectivity index (χ0n) is 11.8. The maximum Gasteiger partial charge on any atom is 0.409 e. The van der Waals surface area contributed by atoms with Crippen LogP contribution in [0.15, 0.2) is 0 Å². The second-order valence-corrected chi connectivity index (χ2v) is 4.79. The predicted octanol–water partition coefficient (Wildman–Crippen LogP) is 1.50. The third-order valence-electron chi connectivity index (χ3n) is 3.03. The van der Waals surface area contributed by atoms with Crippen LogP contribution in [0, 0.1) is 5.41 Å². The van der Waals surface area contributed by atoms with E-state index in [9.17, 15) is 9.59 Å². The van der Waals surface area contributed by atoms with Crippen molar-refractivity contribution < 1.29 is 14.3 Å². The molecule has 0 aromatic rings. The summed E-state index contributed by atoms with van der Waals surface area (Å²) in [6, 6.07) is 0. The van der Waals surface area contributed by atoms with Crippen molar-refractivity contribution in [2.75, 3.05) is 32.8 Å². The summed E-state index contributed by atoms with van der Waals surface area (Å²) in [5.41, 5.74) is 0.367. The number of hydrogen-bond acceptors (Lipinski definition) is 4. The molecule has 108 valence electrons. The SMILES string of the molecule is CCCCOC(=O)N1CCN(C(=O)CC(C)=N)CC1. The van der Waals surface area contributed by atoms with Crippen molar-refractivity contribution in [3.63, 3.8) is 0 Å². The van der Waals surface area contributed by atoms with Gasteiger partial charge < -0.3 is 19.9 Å². The number of carbonyl (C=O) groups excluding carboxylic acids is 2. The average Bonchev–Trinajstić information content (AvgIpc) is 2.38. The molecule has 1 saturated heterocycles. The van der Waals surface area contributed by atoms with Gasteiger partial charge in [-0.15, -0.1) is 0 Å². The minimum atomic E-state index is -0.288. The molecule has 6 nitrogen and oxygen atoms in total. The van der Waals surface area contributed by atoms with E-state index in [2.05, 4.69) is 0 Å². The monoisotopic (exact) mass is 269 g/mol. The number of ether oxygens (including phenoxy) is 1. The van der Waals surface area contributed by atoms with Gasteiger partial charge in [-0.25, -0.2) is 4.79 Å². The van der Waals surface area contributed by atoms with Gasteiger partial charge in [-0.3, -0.25) is 4.79 Å². The van der Waals surface area contributed by atoms with Gasteiger partial charge in [0.1, 0.15) is 0 Å². The first kappa shape index (κ1) is 15.5. The number of hydrogen-bond donors (Lipinski definition) is 1. The highest BCUT2D eigenvalue weighted by molar-refractivity contribution is 5.98. The number of rotatable bonds is 5. The Morgan fingerprint density at radius 3 is 2.26 bits per heavy atom. The van der Waals surface area contributed by atoms with Crippen molar-refractivity contribution in [2.24, 2.45) is 0 Å². The Labute approximate surface area is 114 Å². The van der Waals surface area contributed by atoms with E-state index in [-0.39, 0.29) is 18.4 Å². The number of nitrogens with one attached hydrogen (secondary N) is 1. The van der Waals surface area contributed by atoms with Crippen molar-refractivity contribution in [1.29, 1.82) is 5.41 Å². The maximum absolute atomic E-state index is 11.7. The largest absolute Gasteiger partial charge is 0.449 e. The summed E-state index contributed by atoms with van der Waals surface area (Å²) in [6.07, 6.45) is 1.76. The smallest absolute Gasteiger partial charge is 0.409 e. The lowest BCUT2D eigenvalue weighted by Crippen LogP contribution is -2.51. The van der Waals surface area contributed by atoms with Gasteiger partial charge in [0.05, 0.1) is 13.0 Å². The minimum absolute atomic E-state index is 0.0356. The van der Waals surface area contributed by atoms with Crippen LogP contribution in [0.2, 0.25) is 0 Å². The number of amides is 2. The fourth-order valence-corrected chi connectivity index (χ4v) is 1.87. The highest BCUT2D eigenvalue weighted by Gasteiger charge is 2.24. The van der Waals surface area contributed by atoms with Crippen LogP contribution in [0.3, 0.4) is 0 Å². The zero-order valence-corrected chi connectivity index (χ0v) is 11.8. The molecule has 6 heteroatoms. The molecule has 1 N–H and O–H groups in total. The Hall–Kier alpha value is -1.59. The second-order valence-electron chi connectivity index (χ2n) is 4.79. The molecule has 2 amide bonds. The van der Waals surface area contributed by atoms with E-state index in [1.807, 2.05) is 6.92 Å². The summed E-state index contributed by atoms with van der Waals surface area (Å²) in [6.45, 7) is 6.19. The second kappa shape index (κ2) is 7.76. The molecule has 0 aromatic carbocycles. The quantitative estimate of drug-likeness (QED) is 0.607. The van der Waals surface area contributed by atoms with E-state index in [4.69, 9.17) is 10.1 Å². The first-order chi connectivity index (χ1) is 9.04. The normalized spacial score (nSPS) is 15.3. The van der Waals surface area contributed by atoms with Gasteiger partial charge in [0.15, 0.2) is 0 Å². The Kier molecular flexibility index (Phi) is 6.32. The van der Waals surface area contributed by atoms with Crippen molar-refractivity contribution in [3.05, 3.63) is 0 Å². The van der Waals surface area contributed by atoms with Crippen LogP contribution < -0.4 is 0 Å². The Bertz CT molecular complexity index is 336. The maximum atomic E-state index is 11.7. The number of unbranched alkanes of at least 4 members (excludes halogenated alkanes) is 1. The fraction of sp³-hybridized carbons (Fsp3) is 0.769. The summed E-state index contributed by atoms with van der Waals surface area (Å²) in [5, 5.41) is 7.31. The molecule has 0 unspecified atom stereocenters. The highest BCUT2D eigenvalue weighted by Crippen LogP contribution is 2.06. The summed E-state index contributed by atoms with van der Waals surface area (Å²) < 4.78 is 5.13. The third-order valence-corrected chi connectivity index (χ3v) is 3.03. The third kappa shape index (κ3) is 5.28. The summed E-state index contributed by atoms with van der Waals surface area (Å²) in [5.74, 6) is -0.0356. The van der Waals surface area contributed by atoms with E-state index >= 15 is 0 Å². The van der Waals surface area contributed by atoms with Gasteiger partial charge in [0, 0.05) is 31.9 Å². The molecule has 1 rings (SSSR count). The Balaban J connectivity index is 2.30. The van der Waals surface area contributed by atoms with Crippen molar-refractivity contribution in [1.82, 2.24) is 9.80 Å². The van der Waals surface area contributed by atoms with Crippen LogP contribution >= 0.6 is 0 Å². The Morgan fingerprint density at radius 2 is 1.74 bits per heavy atom. The molecule has 0 aromatic heterocycles. The van der Waals surface area contributed by atoms with Gasteiger partial charge in [0.2, 0.25) is 5.91 Å². The van der Waals surface area contributed by atoms with Gasteiger partial charge in [-0.1, -0.05) is 13.3 Å². The first-order valence-electron chi connectivity index (χ1n) is 6.78. The minimum Gasteiger partial charge on any atom is -0.449 e. The van der Waals surface area contributed by atoms with E-state index < -0.39 is 0 Å². The number of piperazine rings is 1. The molecule has 0 bridgehead atoms. The fourth-order valence-electron chi connectivity index (χ4n) is 1.87. The number of nitrogens with zero attached hydrogens (tertiary/aromatic N) is 2. The highest BCUT2D eigenvalue weighted by atomic mass is 16.6. The lowest BCUT2D eigenvalue weighted by Gasteiger charge is -2.34. The first-order valence-corrected chi connectivity index (χ1v) is 6.78. The van der Waals surface area contributed by atoms with Crippen LogP contribution in [0.4, 0.5) is 4.79 Å². The Morgan fingerprint density at radius 1 is 1.16 bits per heavy atom. The van der Waals surface area contributed by atoms with E-state index in [0.717, 1.165) is 12.8 Å². The van der Waals surface area contributed by atoms with Crippen molar-refractivity contribution in [3.8, 4) is 0 Å². The topological polar surface area (TPSA) is 73.7 Å². The van der Waals surface area contributed by atoms with E-state index in [0.29, 0.717) is 38.5 Å². The van der Waals surface area contributed by atoms with E-state index in [1.54, 1.807) is 16.7 Å². The summed E-state index contributed by atoms with van der Waals surface area (Å²) >= 11 is 0. The molecule has 1 aliphatic heterocycles. The van der Waals surface area contributed by atoms with Crippen LogP contribution in [-0.4, -0.2) is 60.3 Å². The van der Waals surface area contributed by atoms with Crippen LogP contribution in [-0.2, 0) is 9.53 Å². The molecular formula is C13H23N3O3. The molecule has 1 fully saturated rings. The molecule has 1 aliphatic rings. The molecule has 0 aliphatic carbocycles. The summed E-state index contributed by atoms with van der Waals surface area (Å²) in [4.78, 5) is 26.8. The standard InChI is InChI=1S/C13H23N3O3/c1-3-4-9-19-13(18)16-7-5-15(6-8-16)12(17)10-11(2)14/h14H,3-10H2,1-2H3. The number of carbonyl (C=O) groups is 2. The molecular weight excluding hydrogens is 246 g/mol. The molecule has 0 spiro atoms. The van der Waals surface area contributed by atoms with Crippen LogP contribution in [0.1, 0.15) is 33.1 Å². The van der Waals surface area contributed by atoms with Crippen molar-refractivity contribution in [2.45, 2.75) is 33.1 Å². The van der Waals surface area contributed by atoms with Gasteiger partial charge >= 0.3 is 6.09 Å². The zero-order chi connectivity index (χ0) is 14.3. The van der Waals surface area contributed by atoms with E-state index in [1.165, 1.54) is 0 Å². The molecule has 0 radical (unpaired) electrons. The van der Waals surface area contributed by atoms with Crippen LogP contribution in [0.25, 0.3) is 0 Å². The predicted molar refractivity (Wildman–Crippen MR) is 72.4 cm³/mol. The molecule has 19 heavy (non-hydrogen) atoms.